The summed E-state index contributed by atoms with van der Waals surface area (Å²) in [6.07, 6.45) is 6.44. The Labute approximate surface area is 128 Å². The Kier molecular flexibility index (Phi) is 4.37. The highest BCUT2D eigenvalue weighted by molar-refractivity contribution is 5.30. The Hall–Kier alpha value is -2.37. The molecule has 22 heavy (non-hydrogen) atoms. The Bertz CT molecular complexity index is 661. The summed E-state index contributed by atoms with van der Waals surface area (Å²) in [6.45, 7) is 3.74. The molecule has 0 saturated carbocycles. The van der Waals surface area contributed by atoms with Crippen LogP contribution in [0.4, 0.5) is 5.95 Å². The summed E-state index contributed by atoms with van der Waals surface area (Å²) in [4.78, 5) is 22.1. The molecule has 0 unspecified atom stereocenters. The topological polar surface area (TPSA) is 68.5 Å². The van der Waals surface area contributed by atoms with Crippen LogP contribution in [0.15, 0.2) is 39.8 Å². The first-order valence-corrected chi connectivity index (χ1v) is 7.57. The van der Waals surface area contributed by atoms with Gasteiger partial charge >= 0.3 is 5.63 Å². The van der Waals surface area contributed by atoms with Gasteiger partial charge in [0.2, 0.25) is 5.95 Å². The number of nitrogens with zero attached hydrogens (tertiary/aromatic N) is 3. The van der Waals surface area contributed by atoms with Crippen molar-refractivity contribution in [2.45, 2.75) is 32.3 Å². The van der Waals surface area contributed by atoms with Gasteiger partial charge in [-0.1, -0.05) is 6.92 Å². The first-order valence-electron chi connectivity index (χ1n) is 7.57. The van der Waals surface area contributed by atoms with Crippen molar-refractivity contribution in [2.75, 3.05) is 18.0 Å². The van der Waals surface area contributed by atoms with Crippen molar-refractivity contribution in [1.82, 2.24) is 9.97 Å². The zero-order chi connectivity index (χ0) is 15.4. The van der Waals surface area contributed by atoms with E-state index in [1.807, 2.05) is 12.4 Å². The van der Waals surface area contributed by atoms with Gasteiger partial charge in [-0.3, -0.25) is 0 Å². The molecule has 2 aromatic rings. The fourth-order valence-corrected chi connectivity index (χ4v) is 2.47. The predicted molar refractivity (Wildman–Crippen MR) is 82.3 cm³/mol. The van der Waals surface area contributed by atoms with Crippen molar-refractivity contribution >= 4 is 5.95 Å². The molecule has 6 heteroatoms. The van der Waals surface area contributed by atoms with Crippen molar-refractivity contribution in [3.63, 3.8) is 0 Å². The van der Waals surface area contributed by atoms with Crippen molar-refractivity contribution < 1.29 is 9.15 Å². The number of anilines is 1. The standard InChI is InChI=1S/C16H19N3O3/c1-2-12-10-17-16(18-11-12)19-8-6-13(7-9-19)21-15-5-3-4-14(20)22-15/h3-5,10-11,13H,2,6-9H2,1H3. The fourth-order valence-electron chi connectivity index (χ4n) is 2.47. The van der Waals surface area contributed by atoms with Crippen LogP contribution in [0.5, 0.6) is 5.95 Å². The van der Waals surface area contributed by atoms with E-state index in [2.05, 4.69) is 21.8 Å². The average Bonchev–Trinajstić information content (AvgIpc) is 2.56. The molecule has 3 heterocycles. The maximum atomic E-state index is 11.1. The lowest BCUT2D eigenvalue weighted by molar-refractivity contribution is 0.126. The lowest BCUT2D eigenvalue weighted by Gasteiger charge is -2.31. The Morgan fingerprint density at radius 2 is 2.00 bits per heavy atom. The molecule has 1 saturated heterocycles. The van der Waals surface area contributed by atoms with E-state index in [1.165, 1.54) is 6.07 Å². The van der Waals surface area contributed by atoms with Gasteiger partial charge in [0.15, 0.2) is 0 Å². The minimum absolute atomic E-state index is 0.0525. The molecule has 1 aliphatic rings. The summed E-state index contributed by atoms with van der Waals surface area (Å²) in [6, 6.07) is 4.67. The van der Waals surface area contributed by atoms with Gasteiger partial charge in [-0.25, -0.2) is 14.8 Å². The second-order valence-corrected chi connectivity index (χ2v) is 5.32. The van der Waals surface area contributed by atoms with Crippen LogP contribution in [-0.2, 0) is 6.42 Å². The van der Waals surface area contributed by atoms with Gasteiger partial charge in [-0.15, -0.1) is 0 Å². The van der Waals surface area contributed by atoms with Crippen molar-refractivity contribution in [3.05, 3.63) is 46.6 Å². The van der Waals surface area contributed by atoms with Gasteiger partial charge in [-0.05, 0) is 18.1 Å². The normalized spacial score (nSPS) is 15.8. The minimum atomic E-state index is -0.389. The number of aryl methyl sites for hydroxylation is 1. The maximum absolute atomic E-state index is 11.1. The zero-order valence-corrected chi connectivity index (χ0v) is 12.6. The summed E-state index contributed by atoms with van der Waals surface area (Å²) >= 11 is 0. The molecule has 0 amide bonds. The van der Waals surface area contributed by atoms with Crippen LogP contribution in [0.25, 0.3) is 0 Å². The van der Waals surface area contributed by atoms with E-state index in [4.69, 9.17) is 9.15 Å². The van der Waals surface area contributed by atoms with Gasteiger partial charge < -0.3 is 14.1 Å². The van der Waals surface area contributed by atoms with Gasteiger partial charge in [0.05, 0.1) is 0 Å². The smallest absolute Gasteiger partial charge is 0.338 e. The lowest BCUT2D eigenvalue weighted by Crippen LogP contribution is -2.39. The molecule has 0 aliphatic carbocycles. The lowest BCUT2D eigenvalue weighted by atomic mass is 10.1. The second-order valence-electron chi connectivity index (χ2n) is 5.32. The van der Waals surface area contributed by atoms with Crippen molar-refractivity contribution in [1.29, 1.82) is 0 Å². The van der Waals surface area contributed by atoms with Crippen LogP contribution in [0.1, 0.15) is 25.3 Å². The summed E-state index contributed by atoms with van der Waals surface area (Å²) in [5.74, 6) is 1.05. The van der Waals surface area contributed by atoms with Crippen LogP contribution in [0.2, 0.25) is 0 Å². The van der Waals surface area contributed by atoms with Gasteiger partial charge in [0.25, 0.3) is 5.95 Å². The molecular formula is C16H19N3O3. The van der Waals surface area contributed by atoms with E-state index in [0.717, 1.165) is 43.9 Å². The third-order valence-corrected chi connectivity index (χ3v) is 3.77. The van der Waals surface area contributed by atoms with Crippen LogP contribution >= 0.6 is 0 Å². The molecular weight excluding hydrogens is 282 g/mol. The largest absolute Gasteiger partial charge is 0.462 e. The van der Waals surface area contributed by atoms with E-state index < -0.39 is 0 Å². The molecule has 0 radical (unpaired) electrons. The number of aromatic nitrogens is 2. The Morgan fingerprint density at radius 1 is 1.27 bits per heavy atom. The molecule has 0 N–H and O–H groups in total. The van der Waals surface area contributed by atoms with E-state index >= 15 is 0 Å². The van der Waals surface area contributed by atoms with Crippen LogP contribution < -0.4 is 15.3 Å². The first-order chi connectivity index (χ1) is 10.7. The molecule has 6 nitrogen and oxygen atoms in total. The summed E-state index contributed by atoms with van der Waals surface area (Å²) in [5.41, 5.74) is 0.750. The molecule has 3 rings (SSSR count). The Balaban J connectivity index is 1.56. The SMILES string of the molecule is CCc1cnc(N2CCC(Oc3cccc(=O)o3)CC2)nc1. The van der Waals surface area contributed by atoms with Crippen molar-refractivity contribution in [3.8, 4) is 5.95 Å². The quantitative estimate of drug-likeness (QED) is 0.861. The van der Waals surface area contributed by atoms with Gasteiger partial charge in [0, 0.05) is 50.5 Å². The zero-order valence-electron chi connectivity index (χ0n) is 12.6. The third-order valence-electron chi connectivity index (χ3n) is 3.77. The second kappa shape index (κ2) is 6.60. The average molecular weight is 301 g/mol. The fraction of sp³-hybridized carbons (Fsp3) is 0.438. The van der Waals surface area contributed by atoms with E-state index in [1.54, 1.807) is 12.1 Å². The highest BCUT2D eigenvalue weighted by Gasteiger charge is 2.22. The number of rotatable bonds is 4. The predicted octanol–water partition coefficient (Wildman–Crippen LogP) is 2.04. The number of ether oxygens (including phenoxy) is 1. The van der Waals surface area contributed by atoms with Gasteiger partial charge in [-0.2, -0.15) is 0 Å². The first kappa shape index (κ1) is 14.6. The van der Waals surface area contributed by atoms with E-state index in [0.29, 0.717) is 0 Å². The number of piperidine rings is 1. The van der Waals surface area contributed by atoms with Crippen LogP contribution in [0, 0.1) is 0 Å². The maximum Gasteiger partial charge on any atom is 0.338 e. The third kappa shape index (κ3) is 3.44. The molecule has 1 aliphatic heterocycles. The monoisotopic (exact) mass is 301 g/mol. The molecule has 0 bridgehead atoms. The van der Waals surface area contributed by atoms with E-state index in [-0.39, 0.29) is 17.7 Å². The molecule has 0 spiro atoms. The van der Waals surface area contributed by atoms with E-state index in [9.17, 15) is 4.79 Å². The molecule has 0 aromatic carbocycles. The molecule has 1 fully saturated rings. The summed E-state index contributed by atoms with van der Waals surface area (Å²) in [7, 11) is 0. The molecule has 2 aromatic heterocycles. The highest BCUT2D eigenvalue weighted by Crippen LogP contribution is 2.20. The summed E-state index contributed by atoms with van der Waals surface area (Å²) < 4.78 is 10.7. The number of hydrogen-bond acceptors (Lipinski definition) is 6. The van der Waals surface area contributed by atoms with Crippen LogP contribution in [0.3, 0.4) is 0 Å². The summed E-state index contributed by atoms with van der Waals surface area (Å²) in [5, 5.41) is 0. The van der Waals surface area contributed by atoms with Crippen LogP contribution in [-0.4, -0.2) is 29.2 Å². The number of hydrogen-bond donors (Lipinski definition) is 0. The molecule has 0 atom stereocenters. The van der Waals surface area contributed by atoms with Gasteiger partial charge in [0.1, 0.15) is 6.10 Å². The molecule has 116 valence electrons. The highest BCUT2D eigenvalue weighted by atomic mass is 16.6. The minimum Gasteiger partial charge on any atom is -0.462 e. The Morgan fingerprint density at radius 3 is 2.64 bits per heavy atom. The van der Waals surface area contributed by atoms with Crippen molar-refractivity contribution in [2.24, 2.45) is 0 Å².